The summed E-state index contributed by atoms with van der Waals surface area (Å²) in [5, 5.41) is 4.07. The normalized spacial score (nSPS) is 14.2. The topological polar surface area (TPSA) is 59.2 Å². The molecule has 26 heavy (non-hydrogen) atoms. The highest BCUT2D eigenvalue weighted by molar-refractivity contribution is 5.77. The first-order valence-corrected chi connectivity index (χ1v) is 8.96. The highest BCUT2D eigenvalue weighted by Crippen LogP contribution is 2.26. The van der Waals surface area contributed by atoms with Crippen LogP contribution in [0.2, 0.25) is 0 Å². The molecule has 0 atom stereocenters. The van der Waals surface area contributed by atoms with Crippen molar-refractivity contribution in [3.8, 4) is 0 Å². The smallest absolute Gasteiger partial charge is 0.233 e. The number of likely N-dealkylation sites (tertiary alicyclic amines) is 1. The summed E-state index contributed by atoms with van der Waals surface area (Å²) in [7, 11) is 0. The molecule has 0 bridgehead atoms. The van der Waals surface area contributed by atoms with Crippen LogP contribution in [0.1, 0.15) is 35.2 Å². The highest BCUT2D eigenvalue weighted by atomic mass is 16.5. The minimum atomic E-state index is 0.160. The van der Waals surface area contributed by atoms with Crippen molar-refractivity contribution >= 4 is 5.91 Å². The lowest BCUT2D eigenvalue weighted by atomic mass is 9.99. The molecule has 2 heterocycles. The molecule has 1 saturated heterocycles. The molecule has 0 unspecified atom stereocenters. The first-order chi connectivity index (χ1) is 12.8. The fourth-order valence-corrected chi connectivity index (χ4v) is 3.18. The van der Waals surface area contributed by atoms with Gasteiger partial charge >= 0.3 is 0 Å². The summed E-state index contributed by atoms with van der Waals surface area (Å²) in [6, 6.07) is 20.2. The van der Waals surface area contributed by atoms with Crippen LogP contribution < -0.4 is 0 Å². The number of benzene rings is 2. The van der Waals surface area contributed by atoms with E-state index in [1.807, 2.05) is 53.4 Å². The molecule has 1 fully saturated rings. The number of aryl methyl sites for hydroxylation is 1. The molecule has 1 amide bonds. The molecule has 5 nitrogen and oxygen atoms in total. The number of carbonyl (C=O) groups excluding carboxylic acids is 1. The van der Waals surface area contributed by atoms with Crippen molar-refractivity contribution in [3.63, 3.8) is 0 Å². The summed E-state index contributed by atoms with van der Waals surface area (Å²) in [6.45, 7) is 1.33. The lowest BCUT2D eigenvalue weighted by Crippen LogP contribution is -2.48. The second-order valence-electron chi connectivity index (χ2n) is 6.69. The Bertz CT molecular complexity index is 855. The fourth-order valence-electron chi connectivity index (χ4n) is 3.18. The molecule has 0 spiro atoms. The minimum absolute atomic E-state index is 0.160. The van der Waals surface area contributed by atoms with E-state index in [2.05, 4.69) is 22.3 Å². The lowest BCUT2D eigenvalue weighted by molar-refractivity contribution is -0.135. The van der Waals surface area contributed by atoms with Crippen LogP contribution in [0.3, 0.4) is 0 Å². The van der Waals surface area contributed by atoms with Gasteiger partial charge in [0, 0.05) is 25.9 Å². The highest BCUT2D eigenvalue weighted by Gasteiger charge is 2.35. The Morgan fingerprint density at radius 2 is 1.65 bits per heavy atom. The van der Waals surface area contributed by atoms with Crippen LogP contribution in [-0.2, 0) is 17.6 Å². The molecule has 5 heteroatoms. The number of aromatic nitrogens is 2. The predicted octanol–water partition coefficient (Wildman–Crippen LogP) is 3.22. The Hall–Kier alpha value is -2.95. The van der Waals surface area contributed by atoms with E-state index in [0.717, 1.165) is 12.0 Å². The number of nitrogens with zero attached hydrogens (tertiary/aromatic N) is 3. The van der Waals surface area contributed by atoms with Crippen molar-refractivity contribution in [2.45, 2.75) is 25.2 Å². The largest absolute Gasteiger partial charge is 0.341 e. The van der Waals surface area contributed by atoms with Crippen molar-refractivity contribution in [2.24, 2.45) is 0 Å². The van der Waals surface area contributed by atoms with Crippen LogP contribution >= 0.6 is 0 Å². The summed E-state index contributed by atoms with van der Waals surface area (Å²) in [6.07, 6.45) is 1.99. The standard InChI is InChI=1S/C21H21N3O2/c25-20(12-11-16-7-3-1-4-8-16)24-14-18(15-24)21-22-19(23-26-21)13-17-9-5-2-6-10-17/h1-10,18H,11-15H2. The van der Waals surface area contributed by atoms with Gasteiger partial charge in [0.1, 0.15) is 0 Å². The summed E-state index contributed by atoms with van der Waals surface area (Å²) in [4.78, 5) is 18.7. The third-order valence-electron chi connectivity index (χ3n) is 4.74. The van der Waals surface area contributed by atoms with Crippen LogP contribution in [-0.4, -0.2) is 34.0 Å². The van der Waals surface area contributed by atoms with Gasteiger partial charge in [-0.15, -0.1) is 0 Å². The summed E-state index contributed by atoms with van der Waals surface area (Å²) >= 11 is 0. The van der Waals surface area contributed by atoms with Gasteiger partial charge in [0.2, 0.25) is 11.8 Å². The average molecular weight is 347 g/mol. The van der Waals surface area contributed by atoms with Crippen LogP contribution in [0.25, 0.3) is 0 Å². The molecule has 0 N–H and O–H groups in total. The van der Waals surface area contributed by atoms with Gasteiger partial charge in [-0.2, -0.15) is 4.98 Å². The van der Waals surface area contributed by atoms with E-state index in [9.17, 15) is 4.79 Å². The van der Waals surface area contributed by atoms with Gasteiger partial charge in [0.15, 0.2) is 5.82 Å². The van der Waals surface area contributed by atoms with E-state index in [-0.39, 0.29) is 11.8 Å². The SMILES string of the molecule is O=C(CCc1ccccc1)N1CC(c2nc(Cc3ccccc3)no2)C1. The van der Waals surface area contributed by atoms with E-state index in [0.29, 0.717) is 37.6 Å². The Morgan fingerprint density at radius 1 is 1.00 bits per heavy atom. The summed E-state index contributed by atoms with van der Waals surface area (Å²) < 4.78 is 5.40. The van der Waals surface area contributed by atoms with Gasteiger partial charge in [0.05, 0.1) is 5.92 Å². The molecule has 0 saturated carbocycles. The predicted molar refractivity (Wildman–Crippen MR) is 97.6 cm³/mol. The number of rotatable bonds is 6. The zero-order valence-corrected chi connectivity index (χ0v) is 14.5. The number of hydrogen-bond acceptors (Lipinski definition) is 4. The van der Waals surface area contributed by atoms with Crippen molar-refractivity contribution in [1.29, 1.82) is 0 Å². The van der Waals surface area contributed by atoms with Crippen molar-refractivity contribution < 1.29 is 9.32 Å². The van der Waals surface area contributed by atoms with E-state index >= 15 is 0 Å². The first kappa shape index (κ1) is 16.5. The van der Waals surface area contributed by atoms with Gasteiger partial charge < -0.3 is 9.42 Å². The maximum absolute atomic E-state index is 12.3. The first-order valence-electron chi connectivity index (χ1n) is 8.96. The van der Waals surface area contributed by atoms with Gasteiger partial charge in [-0.05, 0) is 17.5 Å². The second kappa shape index (κ2) is 7.52. The van der Waals surface area contributed by atoms with Crippen LogP contribution in [0.4, 0.5) is 0 Å². The summed E-state index contributed by atoms with van der Waals surface area (Å²) in [5.41, 5.74) is 2.35. The molecule has 1 aliphatic rings. The average Bonchev–Trinajstić information content (AvgIpc) is 3.08. The van der Waals surface area contributed by atoms with Crippen molar-refractivity contribution in [3.05, 3.63) is 83.5 Å². The molecule has 0 aliphatic carbocycles. The molecular weight excluding hydrogens is 326 g/mol. The Labute approximate surface area is 152 Å². The maximum atomic E-state index is 12.3. The minimum Gasteiger partial charge on any atom is -0.341 e. The van der Waals surface area contributed by atoms with Gasteiger partial charge in [-0.1, -0.05) is 65.8 Å². The summed E-state index contributed by atoms with van der Waals surface area (Å²) in [5.74, 6) is 1.69. The van der Waals surface area contributed by atoms with Crippen LogP contribution in [0.5, 0.6) is 0 Å². The van der Waals surface area contributed by atoms with E-state index in [1.165, 1.54) is 5.56 Å². The Balaban J connectivity index is 1.26. The molecule has 2 aromatic carbocycles. The third kappa shape index (κ3) is 3.82. The monoisotopic (exact) mass is 347 g/mol. The van der Waals surface area contributed by atoms with Crippen molar-refractivity contribution in [1.82, 2.24) is 15.0 Å². The zero-order chi connectivity index (χ0) is 17.8. The number of amides is 1. The molecule has 4 rings (SSSR count). The maximum Gasteiger partial charge on any atom is 0.233 e. The van der Waals surface area contributed by atoms with E-state index in [4.69, 9.17) is 4.52 Å². The number of hydrogen-bond donors (Lipinski definition) is 0. The van der Waals surface area contributed by atoms with Crippen LogP contribution in [0.15, 0.2) is 65.2 Å². The number of carbonyl (C=O) groups is 1. The fraction of sp³-hybridized carbons (Fsp3) is 0.286. The second-order valence-corrected chi connectivity index (χ2v) is 6.69. The Kier molecular flexibility index (Phi) is 4.78. The zero-order valence-electron chi connectivity index (χ0n) is 14.5. The quantitative estimate of drug-likeness (QED) is 0.687. The molecular formula is C21H21N3O2. The molecule has 1 aliphatic heterocycles. The van der Waals surface area contributed by atoms with Crippen LogP contribution in [0, 0.1) is 0 Å². The molecule has 1 aromatic heterocycles. The van der Waals surface area contributed by atoms with Gasteiger partial charge in [0.25, 0.3) is 0 Å². The van der Waals surface area contributed by atoms with E-state index in [1.54, 1.807) is 0 Å². The van der Waals surface area contributed by atoms with Gasteiger partial charge in [-0.3, -0.25) is 4.79 Å². The van der Waals surface area contributed by atoms with E-state index < -0.39 is 0 Å². The van der Waals surface area contributed by atoms with Gasteiger partial charge in [-0.25, -0.2) is 0 Å². The molecule has 132 valence electrons. The third-order valence-corrected chi connectivity index (χ3v) is 4.74. The van der Waals surface area contributed by atoms with Crippen molar-refractivity contribution in [2.75, 3.05) is 13.1 Å². The molecule has 0 radical (unpaired) electrons. The Morgan fingerprint density at radius 3 is 2.35 bits per heavy atom. The lowest BCUT2D eigenvalue weighted by Gasteiger charge is -2.37. The molecule has 3 aromatic rings.